The van der Waals surface area contributed by atoms with E-state index < -0.39 is 0 Å². The maximum absolute atomic E-state index is 8.28. The molecule has 0 aromatic carbocycles. The Bertz CT molecular complexity index is 6.00. The minimum absolute atomic E-state index is 0. The van der Waals surface area contributed by atoms with Crippen LogP contribution in [0.15, 0.2) is 0 Å². The van der Waals surface area contributed by atoms with Gasteiger partial charge in [-0.25, -0.2) is 0 Å². The fraction of sp³-hybridized carbons (Fsp3) is 0. The molecule has 0 aliphatic rings. The van der Waals surface area contributed by atoms with Crippen molar-refractivity contribution in [1.29, 1.82) is 0 Å². The van der Waals surface area contributed by atoms with Gasteiger partial charge in [-0.15, -0.1) is 0 Å². The Morgan fingerprint density at radius 2 is 1.25 bits per heavy atom. The van der Waals surface area contributed by atoms with Crippen molar-refractivity contribution < 1.29 is 9.94 Å². The molecule has 4 heavy (non-hydrogen) atoms. The van der Waals surface area contributed by atoms with Gasteiger partial charge >= 0.3 is 45.5 Å². The average molecular weight is 154 g/mol. The predicted octanol–water partition coefficient (Wildman–Crippen LogP) is -2.78. The molecule has 0 heterocycles. The van der Waals surface area contributed by atoms with Crippen molar-refractivity contribution in [3.05, 3.63) is 0 Å². The molecular formula is H6O2SiSr. The predicted molar refractivity (Wildman–Crippen MR) is 21.4 cm³/mol. The van der Waals surface area contributed by atoms with Gasteiger partial charge in [-0.1, -0.05) is 0 Å². The first-order valence-corrected chi connectivity index (χ1v) is 0.866. The van der Waals surface area contributed by atoms with E-state index in [1.54, 1.807) is 0 Å². The third-order valence-corrected chi connectivity index (χ3v) is 0. The van der Waals surface area contributed by atoms with Crippen molar-refractivity contribution >= 4 is 55.6 Å². The zero-order chi connectivity index (χ0) is 2.00. The van der Waals surface area contributed by atoms with Crippen LogP contribution in [0.3, 0.4) is 0 Å². The van der Waals surface area contributed by atoms with Crippen molar-refractivity contribution in [3.63, 3.8) is 0 Å². The molecule has 0 aromatic rings. The SMILES string of the molecule is O.O=[SiH2].[SrH2]. The minimum atomic E-state index is 0. The summed E-state index contributed by atoms with van der Waals surface area (Å²) in [5, 5.41) is 0. The van der Waals surface area contributed by atoms with Crippen molar-refractivity contribution in [3.8, 4) is 0 Å². The first-order chi connectivity index (χ1) is 1.00. The quantitative estimate of drug-likeness (QED) is 0.348. The molecule has 0 bridgehead atoms. The van der Waals surface area contributed by atoms with Crippen LogP contribution in [0.1, 0.15) is 0 Å². The second kappa shape index (κ2) is 25.1. The summed E-state index contributed by atoms with van der Waals surface area (Å²) < 4.78 is 8.28. The van der Waals surface area contributed by atoms with Crippen LogP contribution in [-0.2, 0) is 4.46 Å². The zero-order valence-electron chi connectivity index (χ0n) is 1.62. The van der Waals surface area contributed by atoms with Gasteiger partial charge in [0, 0.05) is 0 Å². The van der Waals surface area contributed by atoms with Gasteiger partial charge in [-0.2, -0.15) is 0 Å². The summed E-state index contributed by atoms with van der Waals surface area (Å²) in [5.74, 6) is 0. The molecule has 0 amide bonds. The second-order valence-electron chi connectivity index (χ2n) is 0. The fourth-order valence-electron chi connectivity index (χ4n) is 0. The Morgan fingerprint density at radius 3 is 1.25 bits per heavy atom. The first kappa shape index (κ1) is 18.0. The van der Waals surface area contributed by atoms with E-state index in [2.05, 4.69) is 0 Å². The van der Waals surface area contributed by atoms with Gasteiger partial charge in [-0.05, 0) is 0 Å². The molecule has 0 atom stereocenters. The maximum atomic E-state index is 8.28. The van der Waals surface area contributed by atoms with Crippen LogP contribution in [0.25, 0.3) is 0 Å². The fourth-order valence-corrected chi connectivity index (χ4v) is 0. The van der Waals surface area contributed by atoms with E-state index >= 15 is 0 Å². The van der Waals surface area contributed by atoms with Gasteiger partial charge < -0.3 is 9.94 Å². The van der Waals surface area contributed by atoms with E-state index in [1.165, 1.54) is 0 Å². The van der Waals surface area contributed by atoms with E-state index in [9.17, 15) is 0 Å². The molecule has 0 saturated heterocycles. The Hall–Kier alpha value is 1.46. The van der Waals surface area contributed by atoms with Crippen LogP contribution in [-0.4, -0.2) is 61.1 Å². The van der Waals surface area contributed by atoms with E-state index in [1.807, 2.05) is 0 Å². The Morgan fingerprint density at radius 1 is 1.25 bits per heavy atom. The molecule has 0 aliphatic heterocycles. The summed E-state index contributed by atoms with van der Waals surface area (Å²) in [7, 11) is 0.611. The molecule has 0 fully saturated rings. The molecule has 0 aliphatic carbocycles. The van der Waals surface area contributed by atoms with Gasteiger partial charge in [-0.3, -0.25) is 0 Å². The molecule has 0 rings (SSSR count). The van der Waals surface area contributed by atoms with Crippen LogP contribution < -0.4 is 0 Å². The molecular weight excluding hydrogens is 148 g/mol. The second-order valence-corrected chi connectivity index (χ2v) is 0. The Kier molecular flexibility index (Phi) is 113. The number of hydrogen-bond acceptors (Lipinski definition) is 1. The van der Waals surface area contributed by atoms with Crippen LogP contribution in [0, 0.1) is 0 Å². The van der Waals surface area contributed by atoms with E-state index in [0.29, 0.717) is 10.1 Å². The van der Waals surface area contributed by atoms with Gasteiger partial charge in [0.05, 0.1) is 0 Å². The summed E-state index contributed by atoms with van der Waals surface area (Å²) in [4.78, 5) is 0. The summed E-state index contributed by atoms with van der Waals surface area (Å²) in [6.07, 6.45) is 0. The van der Waals surface area contributed by atoms with E-state index in [0.717, 1.165) is 0 Å². The Balaban J connectivity index is -0.00000000500. The molecule has 2 N–H and O–H groups in total. The topological polar surface area (TPSA) is 48.6 Å². The monoisotopic (exact) mass is 154 g/mol. The number of rotatable bonds is 0. The van der Waals surface area contributed by atoms with Crippen molar-refractivity contribution in [2.75, 3.05) is 0 Å². The summed E-state index contributed by atoms with van der Waals surface area (Å²) in [5.41, 5.74) is 0. The molecule has 0 aromatic heterocycles. The van der Waals surface area contributed by atoms with E-state index in [4.69, 9.17) is 4.46 Å². The van der Waals surface area contributed by atoms with Crippen molar-refractivity contribution in [2.45, 2.75) is 0 Å². The molecule has 2 nitrogen and oxygen atoms in total. The van der Waals surface area contributed by atoms with Crippen molar-refractivity contribution in [1.82, 2.24) is 0 Å². The molecule has 4 heteroatoms. The number of hydrogen-bond donors (Lipinski definition) is 0. The molecule has 0 unspecified atom stereocenters. The molecule has 24 valence electrons. The summed E-state index contributed by atoms with van der Waals surface area (Å²) >= 11 is 0. The zero-order valence-corrected chi connectivity index (χ0v) is 3.03. The Labute approximate surface area is 64.6 Å². The van der Waals surface area contributed by atoms with Gasteiger partial charge in [0.1, 0.15) is 0 Å². The molecule has 0 saturated carbocycles. The normalized spacial score (nSPS) is 1.00. The van der Waals surface area contributed by atoms with Crippen LogP contribution in [0.5, 0.6) is 0 Å². The molecule has 0 radical (unpaired) electrons. The van der Waals surface area contributed by atoms with E-state index in [-0.39, 0.29) is 51.0 Å². The molecule has 0 spiro atoms. The first-order valence-electron chi connectivity index (χ1n) is 0.289. The summed E-state index contributed by atoms with van der Waals surface area (Å²) in [6.45, 7) is 0. The third kappa shape index (κ3) is 9.83. The van der Waals surface area contributed by atoms with Crippen LogP contribution >= 0.6 is 0 Å². The van der Waals surface area contributed by atoms with Crippen LogP contribution in [0.2, 0.25) is 0 Å². The van der Waals surface area contributed by atoms with Gasteiger partial charge in [0.2, 0.25) is 10.1 Å². The van der Waals surface area contributed by atoms with Gasteiger partial charge in [0.25, 0.3) is 0 Å². The summed E-state index contributed by atoms with van der Waals surface area (Å²) in [6, 6.07) is 0. The van der Waals surface area contributed by atoms with Crippen LogP contribution in [0.4, 0.5) is 0 Å². The van der Waals surface area contributed by atoms with Crippen molar-refractivity contribution in [2.24, 2.45) is 0 Å². The standard InChI is InChI=1S/H2OSi.H2O.Sr.2H/c1-2;;;;/h2H2;1H2;;;. The third-order valence-electron chi connectivity index (χ3n) is 0. The van der Waals surface area contributed by atoms with Gasteiger partial charge in [0.15, 0.2) is 0 Å². The average Bonchev–Trinajstić information content (AvgIpc) is 1.00.